The molecule has 2 rings (SSSR count). The monoisotopic (exact) mass is 253 g/mol. The number of hydrogen-bond donors (Lipinski definition) is 1. The first-order valence-corrected chi connectivity index (χ1v) is 7.49. The molecule has 0 aromatic rings. The third kappa shape index (κ3) is 3.04. The second kappa shape index (κ2) is 6.53. The first-order chi connectivity index (χ1) is 8.76. The smallest absolute Gasteiger partial charge is 0.239 e. The van der Waals surface area contributed by atoms with E-state index < -0.39 is 0 Å². The minimum absolute atomic E-state index is 0.148. The Kier molecular flexibility index (Phi) is 5.01. The number of carbonyl (C=O) groups is 1. The molecule has 4 heteroatoms. The van der Waals surface area contributed by atoms with Gasteiger partial charge in [0.25, 0.3) is 0 Å². The molecule has 2 atom stereocenters. The van der Waals surface area contributed by atoms with E-state index in [0.29, 0.717) is 18.4 Å². The van der Waals surface area contributed by atoms with Gasteiger partial charge in [-0.25, -0.2) is 0 Å². The summed E-state index contributed by atoms with van der Waals surface area (Å²) in [6.45, 7) is 6.86. The summed E-state index contributed by atoms with van der Waals surface area (Å²) < 4.78 is 0. The highest BCUT2D eigenvalue weighted by molar-refractivity contribution is 5.82. The van der Waals surface area contributed by atoms with Crippen molar-refractivity contribution in [3.8, 4) is 0 Å². The molecule has 2 N–H and O–H groups in total. The molecule has 0 aromatic heterocycles. The van der Waals surface area contributed by atoms with Gasteiger partial charge in [0, 0.05) is 13.1 Å². The van der Waals surface area contributed by atoms with Crippen molar-refractivity contribution >= 4 is 5.91 Å². The maximum absolute atomic E-state index is 12.6. The average molecular weight is 253 g/mol. The van der Waals surface area contributed by atoms with E-state index in [4.69, 9.17) is 5.73 Å². The van der Waals surface area contributed by atoms with E-state index >= 15 is 0 Å². The van der Waals surface area contributed by atoms with Crippen molar-refractivity contribution in [2.45, 2.75) is 45.1 Å². The van der Waals surface area contributed by atoms with Gasteiger partial charge in [-0.2, -0.15) is 0 Å². The van der Waals surface area contributed by atoms with E-state index in [1.54, 1.807) is 0 Å². The molecule has 2 aliphatic rings. The van der Waals surface area contributed by atoms with Crippen molar-refractivity contribution in [2.75, 3.05) is 32.7 Å². The van der Waals surface area contributed by atoms with Gasteiger partial charge in [-0.3, -0.25) is 9.69 Å². The fourth-order valence-corrected chi connectivity index (χ4v) is 3.26. The lowest BCUT2D eigenvalue weighted by Crippen LogP contribution is -2.50. The standard InChI is InChI=1S/C14H27N3O/c1-2-7-16-8-4-3-5-13(16)14(18)17-9-6-12(10-15)11-17/h12-13H,2-11,15H2,1H3/t12-,13+/m0/s1. The van der Waals surface area contributed by atoms with Crippen molar-refractivity contribution in [2.24, 2.45) is 11.7 Å². The van der Waals surface area contributed by atoms with Crippen LogP contribution in [0.2, 0.25) is 0 Å². The van der Waals surface area contributed by atoms with Crippen LogP contribution in [0.15, 0.2) is 0 Å². The van der Waals surface area contributed by atoms with Crippen molar-refractivity contribution in [1.82, 2.24) is 9.80 Å². The predicted octanol–water partition coefficient (Wildman–Crippen LogP) is 1.06. The topological polar surface area (TPSA) is 49.6 Å². The van der Waals surface area contributed by atoms with Crippen LogP contribution in [-0.2, 0) is 4.79 Å². The fraction of sp³-hybridized carbons (Fsp3) is 0.929. The van der Waals surface area contributed by atoms with Crippen molar-refractivity contribution in [3.05, 3.63) is 0 Å². The highest BCUT2D eigenvalue weighted by atomic mass is 16.2. The third-order valence-electron chi connectivity index (χ3n) is 4.34. The molecule has 0 aliphatic carbocycles. The fourth-order valence-electron chi connectivity index (χ4n) is 3.26. The predicted molar refractivity (Wildman–Crippen MR) is 73.2 cm³/mol. The molecule has 2 saturated heterocycles. The van der Waals surface area contributed by atoms with Crippen LogP contribution < -0.4 is 5.73 Å². The Hall–Kier alpha value is -0.610. The van der Waals surface area contributed by atoms with Crippen LogP contribution >= 0.6 is 0 Å². The first-order valence-electron chi connectivity index (χ1n) is 7.49. The lowest BCUT2D eigenvalue weighted by Gasteiger charge is -2.36. The molecule has 0 bridgehead atoms. The van der Waals surface area contributed by atoms with Crippen LogP contribution in [0.1, 0.15) is 39.0 Å². The minimum atomic E-state index is 0.148. The second-order valence-corrected chi connectivity index (χ2v) is 5.72. The molecule has 1 amide bonds. The highest BCUT2D eigenvalue weighted by Crippen LogP contribution is 2.22. The Morgan fingerprint density at radius 1 is 1.28 bits per heavy atom. The summed E-state index contributed by atoms with van der Waals surface area (Å²) in [5.41, 5.74) is 5.70. The summed E-state index contributed by atoms with van der Waals surface area (Å²) >= 11 is 0. The SMILES string of the molecule is CCCN1CCCC[C@@H]1C(=O)N1CC[C@@H](CN)C1. The quantitative estimate of drug-likeness (QED) is 0.815. The van der Waals surface area contributed by atoms with Gasteiger partial charge in [-0.1, -0.05) is 13.3 Å². The lowest BCUT2D eigenvalue weighted by molar-refractivity contribution is -0.137. The maximum atomic E-state index is 12.6. The summed E-state index contributed by atoms with van der Waals surface area (Å²) in [6.07, 6.45) is 5.71. The van der Waals surface area contributed by atoms with E-state index in [0.717, 1.165) is 45.4 Å². The van der Waals surface area contributed by atoms with Crippen molar-refractivity contribution < 1.29 is 4.79 Å². The molecule has 0 spiro atoms. The van der Waals surface area contributed by atoms with Crippen LogP contribution in [0.25, 0.3) is 0 Å². The molecule has 0 saturated carbocycles. The summed E-state index contributed by atoms with van der Waals surface area (Å²) in [5, 5.41) is 0. The Morgan fingerprint density at radius 2 is 2.11 bits per heavy atom. The van der Waals surface area contributed by atoms with Gasteiger partial charge in [-0.05, 0) is 51.2 Å². The number of hydrogen-bond acceptors (Lipinski definition) is 3. The number of likely N-dealkylation sites (tertiary alicyclic amines) is 2. The molecule has 0 aromatic carbocycles. The zero-order chi connectivity index (χ0) is 13.0. The molecule has 18 heavy (non-hydrogen) atoms. The van der Waals surface area contributed by atoms with E-state index in [1.807, 2.05) is 0 Å². The van der Waals surface area contributed by atoms with Gasteiger partial charge in [0.05, 0.1) is 6.04 Å². The Bertz CT molecular complexity index is 280. The highest BCUT2D eigenvalue weighted by Gasteiger charge is 2.34. The molecule has 2 aliphatic heterocycles. The summed E-state index contributed by atoms with van der Waals surface area (Å²) in [5.74, 6) is 0.885. The third-order valence-corrected chi connectivity index (χ3v) is 4.34. The van der Waals surface area contributed by atoms with Gasteiger partial charge in [0.2, 0.25) is 5.91 Å². The average Bonchev–Trinajstić information content (AvgIpc) is 2.88. The van der Waals surface area contributed by atoms with Crippen LogP contribution in [0.3, 0.4) is 0 Å². The van der Waals surface area contributed by atoms with E-state index in [-0.39, 0.29) is 6.04 Å². The molecular weight excluding hydrogens is 226 g/mol. The first kappa shape index (κ1) is 13.8. The number of amides is 1. The van der Waals surface area contributed by atoms with Crippen LogP contribution in [0.5, 0.6) is 0 Å². The largest absolute Gasteiger partial charge is 0.341 e. The minimum Gasteiger partial charge on any atom is -0.341 e. The molecule has 4 nitrogen and oxygen atoms in total. The van der Waals surface area contributed by atoms with Gasteiger partial charge in [-0.15, -0.1) is 0 Å². The van der Waals surface area contributed by atoms with Gasteiger partial charge in [0.1, 0.15) is 0 Å². The van der Waals surface area contributed by atoms with Gasteiger partial charge >= 0.3 is 0 Å². The summed E-state index contributed by atoms with van der Waals surface area (Å²) in [6, 6.07) is 0.148. The normalized spacial score (nSPS) is 29.8. The molecule has 0 unspecified atom stereocenters. The van der Waals surface area contributed by atoms with Gasteiger partial charge < -0.3 is 10.6 Å². The Morgan fingerprint density at radius 3 is 2.78 bits per heavy atom. The number of nitrogens with two attached hydrogens (primary N) is 1. The van der Waals surface area contributed by atoms with Crippen molar-refractivity contribution in [1.29, 1.82) is 0 Å². The van der Waals surface area contributed by atoms with E-state index in [9.17, 15) is 4.79 Å². The summed E-state index contributed by atoms with van der Waals surface area (Å²) in [7, 11) is 0. The zero-order valence-corrected chi connectivity index (χ0v) is 11.6. The summed E-state index contributed by atoms with van der Waals surface area (Å²) in [4.78, 5) is 17.0. The number of nitrogens with zero attached hydrogens (tertiary/aromatic N) is 2. The molecule has 2 heterocycles. The van der Waals surface area contributed by atoms with E-state index in [1.165, 1.54) is 12.8 Å². The molecule has 2 fully saturated rings. The lowest BCUT2D eigenvalue weighted by atomic mass is 10.0. The number of rotatable bonds is 4. The number of carbonyl (C=O) groups excluding carboxylic acids is 1. The Balaban J connectivity index is 1.93. The van der Waals surface area contributed by atoms with Crippen LogP contribution in [0, 0.1) is 5.92 Å². The van der Waals surface area contributed by atoms with Gasteiger partial charge in [0.15, 0.2) is 0 Å². The van der Waals surface area contributed by atoms with Crippen LogP contribution in [-0.4, -0.2) is 54.5 Å². The Labute approximate surface area is 110 Å². The number of piperidine rings is 1. The van der Waals surface area contributed by atoms with E-state index in [2.05, 4.69) is 16.7 Å². The maximum Gasteiger partial charge on any atom is 0.239 e. The molecular formula is C14H27N3O. The molecule has 0 radical (unpaired) electrons. The van der Waals surface area contributed by atoms with Crippen molar-refractivity contribution in [3.63, 3.8) is 0 Å². The zero-order valence-electron chi connectivity index (χ0n) is 11.6. The molecule has 104 valence electrons. The van der Waals surface area contributed by atoms with Crippen LogP contribution in [0.4, 0.5) is 0 Å². The second-order valence-electron chi connectivity index (χ2n) is 5.72.